The highest BCUT2D eigenvalue weighted by molar-refractivity contribution is 9.10. The minimum Gasteiger partial charge on any atom is -0.482 e. The van der Waals surface area contributed by atoms with Crippen molar-refractivity contribution in [3.63, 3.8) is 0 Å². The number of amides is 2. The highest BCUT2D eigenvalue weighted by Crippen LogP contribution is 2.38. The van der Waals surface area contributed by atoms with Crippen molar-refractivity contribution in [2.24, 2.45) is 0 Å². The van der Waals surface area contributed by atoms with Crippen molar-refractivity contribution < 1.29 is 24.2 Å². The number of carbonyl (C=O) groups is 3. The molecular formula is C25H19BrN2O5. The molecule has 3 aromatic carbocycles. The smallest absolute Gasteiger partial charge is 0.341 e. The maximum absolute atomic E-state index is 13.7. The number of carboxylic acid groups (broad SMARTS) is 1. The lowest BCUT2D eigenvalue weighted by Gasteiger charge is -2.31. The third-order valence-corrected chi connectivity index (χ3v) is 5.54. The Morgan fingerprint density at radius 2 is 1.64 bits per heavy atom. The van der Waals surface area contributed by atoms with E-state index in [0.29, 0.717) is 32.4 Å². The Kier molecular flexibility index (Phi) is 6.55. The lowest BCUT2D eigenvalue weighted by Crippen LogP contribution is -2.45. The van der Waals surface area contributed by atoms with E-state index in [9.17, 15) is 14.4 Å². The molecule has 1 unspecified atom stereocenters. The van der Waals surface area contributed by atoms with E-state index in [1.807, 2.05) is 24.3 Å². The molecule has 7 nitrogen and oxygen atoms in total. The van der Waals surface area contributed by atoms with Crippen molar-refractivity contribution in [1.29, 1.82) is 0 Å². The maximum atomic E-state index is 13.7. The van der Waals surface area contributed by atoms with Gasteiger partial charge < -0.3 is 20.5 Å². The first-order valence-corrected chi connectivity index (χ1v) is 10.8. The lowest BCUT2D eigenvalue weighted by molar-refractivity contribution is -0.139. The zero-order chi connectivity index (χ0) is 23.4. The molecule has 1 aliphatic rings. The van der Waals surface area contributed by atoms with Gasteiger partial charge in [0.15, 0.2) is 12.4 Å². The molecule has 3 aromatic rings. The van der Waals surface area contributed by atoms with Crippen molar-refractivity contribution >= 4 is 39.4 Å². The van der Waals surface area contributed by atoms with E-state index < -0.39 is 24.6 Å². The summed E-state index contributed by atoms with van der Waals surface area (Å²) in [6.45, 7) is -0.565. The number of hydrogen-bond donors (Lipinski definition) is 3. The highest BCUT2D eigenvalue weighted by atomic mass is 79.9. The van der Waals surface area contributed by atoms with Crippen LogP contribution in [0, 0.1) is 0 Å². The van der Waals surface area contributed by atoms with Gasteiger partial charge in [0.25, 0.3) is 0 Å². The number of ether oxygens (including phenoxy) is 1. The summed E-state index contributed by atoms with van der Waals surface area (Å²) in [4.78, 5) is 37.5. The van der Waals surface area contributed by atoms with E-state index in [1.54, 1.807) is 54.6 Å². The first kappa shape index (κ1) is 22.3. The van der Waals surface area contributed by atoms with Crippen LogP contribution in [0.3, 0.4) is 0 Å². The minimum atomic E-state index is -1.14. The zero-order valence-electron chi connectivity index (χ0n) is 17.2. The van der Waals surface area contributed by atoms with Crippen molar-refractivity contribution in [1.82, 2.24) is 10.6 Å². The number of Topliss-reactive ketones (excluding diaryl/α,β-unsaturated/α-hetero) is 1. The van der Waals surface area contributed by atoms with Gasteiger partial charge in [-0.1, -0.05) is 76.6 Å². The third kappa shape index (κ3) is 4.96. The second kappa shape index (κ2) is 9.70. The number of rotatable bonds is 7. The number of urea groups is 1. The van der Waals surface area contributed by atoms with E-state index >= 15 is 0 Å². The number of aliphatic carboxylic acids is 1. The third-order valence-electron chi connectivity index (χ3n) is 5.05. The summed E-state index contributed by atoms with van der Waals surface area (Å²) in [5, 5.41) is 14.7. The molecule has 0 saturated heterocycles. The number of ketones is 1. The summed E-state index contributed by atoms with van der Waals surface area (Å²) >= 11 is 3.42. The van der Waals surface area contributed by atoms with E-state index in [-0.39, 0.29) is 11.5 Å². The average Bonchev–Trinajstić information content (AvgIpc) is 2.83. The molecule has 166 valence electrons. The molecule has 0 fully saturated rings. The predicted octanol–water partition coefficient (Wildman–Crippen LogP) is 4.56. The Balaban J connectivity index is 1.93. The number of halogens is 1. The number of benzene rings is 3. The molecule has 4 rings (SSSR count). The van der Waals surface area contributed by atoms with Gasteiger partial charge in [0.1, 0.15) is 5.75 Å². The van der Waals surface area contributed by atoms with Gasteiger partial charge >= 0.3 is 12.0 Å². The van der Waals surface area contributed by atoms with Gasteiger partial charge in [-0.25, -0.2) is 9.59 Å². The summed E-state index contributed by atoms with van der Waals surface area (Å²) in [7, 11) is 0. The van der Waals surface area contributed by atoms with Crippen LogP contribution in [0.5, 0.6) is 5.75 Å². The molecule has 0 spiro atoms. The molecule has 0 bridgehead atoms. The van der Waals surface area contributed by atoms with Crippen molar-refractivity contribution in [3.05, 3.63) is 106 Å². The van der Waals surface area contributed by atoms with Gasteiger partial charge in [0, 0.05) is 15.6 Å². The van der Waals surface area contributed by atoms with Crippen molar-refractivity contribution in [2.45, 2.75) is 6.04 Å². The molecule has 1 atom stereocenters. The van der Waals surface area contributed by atoms with Crippen LogP contribution in [0.1, 0.15) is 27.5 Å². The number of carboxylic acids is 1. The van der Waals surface area contributed by atoms with Crippen LogP contribution in [-0.4, -0.2) is 29.5 Å². The van der Waals surface area contributed by atoms with Crippen LogP contribution < -0.4 is 15.4 Å². The fraction of sp³-hybridized carbons (Fsp3) is 0.0800. The topological polar surface area (TPSA) is 105 Å². The standard InChI is InChI=1S/C25H19BrN2O5/c26-17-11-12-19(33-14-20(29)30)18(13-17)23-21(24(31)16-9-5-2-6-10-16)22(27-25(32)28-23)15-7-3-1-4-8-15/h1-13,23H,14H2,(H,29,30)(H2,27,28,32). The van der Waals surface area contributed by atoms with E-state index in [4.69, 9.17) is 9.84 Å². The highest BCUT2D eigenvalue weighted by Gasteiger charge is 2.35. The van der Waals surface area contributed by atoms with Gasteiger partial charge in [-0.15, -0.1) is 0 Å². The molecule has 33 heavy (non-hydrogen) atoms. The summed E-state index contributed by atoms with van der Waals surface area (Å²) in [6.07, 6.45) is 0. The molecule has 1 aliphatic heterocycles. The molecule has 0 saturated carbocycles. The quantitative estimate of drug-likeness (QED) is 0.407. The van der Waals surface area contributed by atoms with Gasteiger partial charge in [-0.2, -0.15) is 0 Å². The second-order valence-corrected chi connectivity index (χ2v) is 8.16. The molecule has 0 aromatic heterocycles. The Morgan fingerprint density at radius 3 is 2.30 bits per heavy atom. The van der Waals surface area contributed by atoms with Crippen LogP contribution in [0.15, 0.2) is 88.9 Å². The summed E-state index contributed by atoms with van der Waals surface area (Å²) < 4.78 is 6.17. The Bertz CT molecular complexity index is 1240. The molecule has 2 amide bonds. The van der Waals surface area contributed by atoms with Gasteiger partial charge in [-0.3, -0.25) is 4.79 Å². The molecule has 0 aliphatic carbocycles. The Labute approximate surface area is 198 Å². The van der Waals surface area contributed by atoms with E-state index in [0.717, 1.165) is 0 Å². The maximum Gasteiger partial charge on any atom is 0.341 e. The molecule has 8 heteroatoms. The van der Waals surface area contributed by atoms with Crippen LogP contribution in [-0.2, 0) is 4.79 Å². The first-order valence-electron chi connectivity index (χ1n) is 10.0. The fourth-order valence-electron chi connectivity index (χ4n) is 3.64. The molecule has 3 N–H and O–H groups in total. The lowest BCUT2D eigenvalue weighted by atomic mass is 9.87. The van der Waals surface area contributed by atoms with Crippen LogP contribution >= 0.6 is 15.9 Å². The monoisotopic (exact) mass is 506 g/mol. The van der Waals surface area contributed by atoms with E-state index in [1.165, 1.54) is 0 Å². The Hall–Kier alpha value is -3.91. The SMILES string of the molecule is O=C(O)COc1ccc(Br)cc1C1NC(=O)NC(c2ccccc2)=C1C(=O)c1ccccc1. The van der Waals surface area contributed by atoms with Gasteiger partial charge in [0.2, 0.25) is 0 Å². The number of carbonyl (C=O) groups excluding carboxylic acids is 2. The number of nitrogens with one attached hydrogen (secondary N) is 2. The fourth-order valence-corrected chi connectivity index (χ4v) is 4.01. The van der Waals surface area contributed by atoms with E-state index in [2.05, 4.69) is 26.6 Å². The normalized spacial score (nSPS) is 15.4. The molecule has 1 heterocycles. The van der Waals surface area contributed by atoms with Crippen molar-refractivity contribution in [3.8, 4) is 5.75 Å². The first-order chi connectivity index (χ1) is 15.9. The van der Waals surface area contributed by atoms with Crippen LogP contribution in [0.25, 0.3) is 5.70 Å². The molecule has 0 radical (unpaired) electrons. The summed E-state index contributed by atoms with van der Waals surface area (Å²) in [6, 6.07) is 21.5. The van der Waals surface area contributed by atoms with Gasteiger partial charge in [0.05, 0.1) is 17.3 Å². The van der Waals surface area contributed by atoms with Gasteiger partial charge in [-0.05, 0) is 23.8 Å². The summed E-state index contributed by atoms with van der Waals surface area (Å²) in [5.74, 6) is -1.17. The zero-order valence-corrected chi connectivity index (χ0v) is 18.8. The predicted molar refractivity (Wildman–Crippen MR) is 126 cm³/mol. The summed E-state index contributed by atoms with van der Waals surface area (Å²) in [5.41, 5.74) is 2.26. The Morgan fingerprint density at radius 1 is 0.970 bits per heavy atom. The largest absolute Gasteiger partial charge is 0.482 e. The number of hydrogen-bond acceptors (Lipinski definition) is 4. The second-order valence-electron chi connectivity index (χ2n) is 7.25. The van der Waals surface area contributed by atoms with Crippen LogP contribution in [0.4, 0.5) is 4.79 Å². The minimum absolute atomic E-state index is 0.249. The molecular weight excluding hydrogens is 488 g/mol. The van der Waals surface area contributed by atoms with Crippen molar-refractivity contribution in [2.75, 3.05) is 6.61 Å². The average molecular weight is 507 g/mol. The van der Waals surface area contributed by atoms with Crippen LogP contribution in [0.2, 0.25) is 0 Å².